The van der Waals surface area contributed by atoms with Crippen molar-refractivity contribution in [1.82, 2.24) is 9.78 Å². The number of aromatic nitrogens is 2. The Morgan fingerprint density at radius 2 is 2.00 bits per heavy atom. The van der Waals surface area contributed by atoms with Crippen LogP contribution in [-0.4, -0.2) is 29.0 Å². The van der Waals surface area contributed by atoms with E-state index in [1.807, 2.05) is 4.68 Å². The Bertz CT molecular complexity index is 1000. The highest BCUT2D eigenvalue weighted by atomic mass is 16.5. The average molecular weight is 392 g/mol. The third-order valence-corrected chi connectivity index (χ3v) is 5.67. The summed E-state index contributed by atoms with van der Waals surface area (Å²) in [6.45, 7) is 2.94. The molecule has 1 saturated carbocycles. The van der Waals surface area contributed by atoms with Crippen molar-refractivity contribution in [3.63, 3.8) is 0 Å². The van der Waals surface area contributed by atoms with Crippen molar-refractivity contribution in [3.05, 3.63) is 48.2 Å². The quantitative estimate of drug-likeness (QED) is 0.522. The lowest BCUT2D eigenvalue weighted by atomic mass is 9.98. The topological polar surface area (TPSA) is 53.4 Å². The van der Waals surface area contributed by atoms with Crippen LogP contribution in [0.25, 0.3) is 22.0 Å². The molecule has 0 N–H and O–H groups in total. The van der Waals surface area contributed by atoms with Crippen molar-refractivity contribution < 1.29 is 14.3 Å². The van der Waals surface area contributed by atoms with Gasteiger partial charge in [0.15, 0.2) is 0 Å². The van der Waals surface area contributed by atoms with E-state index in [-0.39, 0.29) is 5.97 Å². The van der Waals surface area contributed by atoms with Crippen LogP contribution in [0.4, 0.5) is 0 Å². The van der Waals surface area contributed by atoms with Gasteiger partial charge < -0.3 is 9.47 Å². The fourth-order valence-corrected chi connectivity index (χ4v) is 4.00. The van der Waals surface area contributed by atoms with Crippen LogP contribution >= 0.6 is 0 Å². The maximum Gasteiger partial charge on any atom is 0.305 e. The molecule has 152 valence electrons. The number of nitrogens with zero attached hydrogens (tertiary/aromatic N) is 2. The van der Waals surface area contributed by atoms with Crippen LogP contribution in [0.5, 0.6) is 5.75 Å². The summed E-state index contributed by atoms with van der Waals surface area (Å²) in [5.41, 5.74) is 4.29. The van der Waals surface area contributed by atoms with Gasteiger partial charge in [-0.15, -0.1) is 0 Å². The summed E-state index contributed by atoms with van der Waals surface area (Å²) in [6.07, 6.45) is 8.11. The molecule has 0 bridgehead atoms. The molecule has 5 nitrogen and oxygen atoms in total. The largest absolute Gasteiger partial charge is 0.490 e. The van der Waals surface area contributed by atoms with Crippen molar-refractivity contribution in [3.8, 4) is 16.9 Å². The van der Waals surface area contributed by atoms with Gasteiger partial charge >= 0.3 is 5.97 Å². The van der Waals surface area contributed by atoms with Gasteiger partial charge in [-0.25, -0.2) is 0 Å². The second kappa shape index (κ2) is 8.68. The van der Waals surface area contributed by atoms with E-state index in [0.29, 0.717) is 18.9 Å². The maximum atomic E-state index is 11.6. The van der Waals surface area contributed by atoms with Gasteiger partial charge in [-0.05, 0) is 74.4 Å². The van der Waals surface area contributed by atoms with Gasteiger partial charge in [0.2, 0.25) is 0 Å². The molecule has 0 saturated heterocycles. The van der Waals surface area contributed by atoms with Gasteiger partial charge in [0.25, 0.3) is 0 Å². The van der Waals surface area contributed by atoms with E-state index >= 15 is 0 Å². The molecule has 1 aliphatic carbocycles. The van der Waals surface area contributed by atoms with Crippen LogP contribution in [0, 0.1) is 0 Å². The normalized spacial score (nSPS) is 14.4. The first kappa shape index (κ1) is 19.5. The minimum absolute atomic E-state index is 0.189. The molecule has 0 amide bonds. The molecule has 2 aromatic carbocycles. The van der Waals surface area contributed by atoms with Crippen molar-refractivity contribution in [1.29, 1.82) is 0 Å². The van der Waals surface area contributed by atoms with Gasteiger partial charge in [0.1, 0.15) is 5.75 Å². The monoisotopic (exact) mass is 392 g/mol. The first-order chi connectivity index (χ1) is 14.2. The van der Waals surface area contributed by atoms with E-state index in [9.17, 15) is 4.79 Å². The summed E-state index contributed by atoms with van der Waals surface area (Å²) in [5.74, 6) is 0.729. The number of aryl methyl sites for hydroxylation is 2. The Balaban J connectivity index is 1.69. The highest BCUT2D eigenvalue weighted by Gasteiger charge is 2.19. The number of benzene rings is 2. The van der Waals surface area contributed by atoms with E-state index in [1.165, 1.54) is 20.0 Å². The number of rotatable bonds is 7. The lowest BCUT2D eigenvalue weighted by molar-refractivity contribution is -0.140. The van der Waals surface area contributed by atoms with Crippen LogP contribution in [0.15, 0.2) is 42.6 Å². The molecule has 0 atom stereocenters. The van der Waals surface area contributed by atoms with Crippen molar-refractivity contribution in [2.24, 2.45) is 0 Å². The zero-order valence-electron chi connectivity index (χ0n) is 17.2. The van der Waals surface area contributed by atoms with Crippen molar-refractivity contribution >= 4 is 16.9 Å². The highest BCUT2D eigenvalue weighted by Crippen LogP contribution is 2.35. The third kappa shape index (κ3) is 4.44. The summed E-state index contributed by atoms with van der Waals surface area (Å²) < 4.78 is 13.1. The fraction of sp³-hybridized carbons (Fsp3) is 0.417. The Kier molecular flexibility index (Phi) is 5.84. The molecule has 1 aliphatic rings. The lowest BCUT2D eigenvalue weighted by Gasteiger charge is -2.18. The van der Waals surface area contributed by atoms with E-state index in [4.69, 9.17) is 9.47 Å². The molecular formula is C24H28N2O3. The molecule has 1 fully saturated rings. The minimum Gasteiger partial charge on any atom is -0.490 e. The average Bonchev–Trinajstić information content (AvgIpc) is 3.41. The smallest absolute Gasteiger partial charge is 0.305 e. The molecule has 4 rings (SSSR count). The number of ether oxygens (including phenoxy) is 2. The van der Waals surface area contributed by atoms with E-state index < -0.39 is 0 Å². The molecule has 0 spiro atoms. The summed E-state index contributed by atoms with van der Waals surface area (Å²) in [5, 5.41) is 5.70. The molecule has 0 radical (unpaired) electrons. The first-order valence-corrected chi connectivity index (χ1v) is 10.5. The Morgan fingerprint density at radius 3 is 2.76 bits per heavy atom. The van der Waals surface area contributed by atoms with Crippen LogP contribution in [0.3, 0.4) is 0 Å². The molecule has 1 aromatic heterocycles. The minimum atomic E-state index is -0.189. The number of hydrogen-bond donors (Lipinski definition) is 0. The number of esters is 1. The van der Waals surface area contributed by atoms with E-state index in [0.717, 1.165) is 52.7 Å². The van der Waals surface area contributed by atoms with Gasteiger partial charge in [0, 0.05) is 30.1 Å². The summed E-state index contributed by atoms with van der Waals surface area (Å²) in [7, 11) is 1.43. The van der Waals surface area contributed by atoms with Crippen LogP contribution in [-0.2, 0) is 22.5 Å². The predicted molar refractivity (Wildman–Crippen MR) is 114 cm³/mol. The van der Waals surface area contributed by atoms with E-state index in [1.54, 1.807) is 0 Å². The number of methoxy groups -OCH3 is 1. The second-order valence-corrected chi connectivity index (χ2v) is 7.69. The van der Waals surface area contributed by atoms with Crippen molar-refractivity contribution in [2.75, 3.05) is 7.11 Å². The standard InChI is InChI=1S/C24H28N2O3/c1-3-26-16-19-15-18(10-11-22(19)25-26)21-14-17(9-13-24(27)28-2)8-12-23(21)29-20-6-4-5-7-20/h8,10-12,14-16,20H,3-7,9,13H2,1-2H3. The van der Waals surface area contributed by atoms with Gasteiger partial charge in [-0.2, -0.15) is 5.10 Å². The number of fused-ring (bicyclic) bond motifs is 1. The van der Waals surface area contributed by atoms with Gasteiger partial charge in [0.05, 0.1) is 18.7 Å². The molecule has 0 unspecified atom stereocenters. The summed E-state index contributed by atoms with van der Waals surface area (Å²) in [4.78, 5) is 11.6. The lowest BCUT2D eigenvalue weighted by Crippen LogP contribution is -2.11. The first-order valence-electron chi connectivity index (χ1n) is 10.5. The summed E-state index contributed by atoms with van der Waals surface area (Å²) >= 11 is 0. The molecule has 29 heavy (non-hydrogen) atoms. The molecule has 0 aliphatic heterocycles. The zero-order chi connectivity index (χ0) is 20.2. The van der Waals surface area contributed by atoms with Crippen LogP contribution in [0.2, 0.25) is 0 Å². The Morgan fingerprint density at radius 1 is 1.17 bits per heavy atom. The predicted octanol–water partition coefficient (Wildman–Crippen LogP) is 5.15. The second-order valence-electron chi connectivity index (χ2n) is 7.69. The van der Waals surface area contributed by atoms with Crippen molar-refractivity contribution in [2.45, 2.75) is 58.1 Å². The number of carbonyl (C=O) groups excluding carboxylic acids is 1. The molecule has 3 aromatic rings. The maximum absolute atomic E-state index is 11.6. The summed E-state index contributed by atoms with van der Waals surface area (Å²) in [6, 6.07) is 12.6. The van der Waals surface area contributed by atoms with Crippen LogP contribution < -0.4 is 4.74 Å². The van der Waals surface area contributed by atoms with E-state index in [2.05, 4.69) is 54.6 Å². The third-order valence-electron chi connectivity index (χ3n) is 5.67. The SMILES string of the molecule is CCn1cc2cc(-c3cc(CCC(=O)OC)ccc3OC3CCCC3)ccc2n1. The Hall–Kier alpha value is -2.82. The fourth-order valence-electron chi connectivity index (χ4n) is 4.00. The Labute approximate surface area is 171 Å². The van der Waals surface area contributed by atoms with Gasteiger partial charge in [-0.1, -0.05) is 12.1 Å². The van der Waals surface area contributed by atoms with Gasteiger partial charge in [-0.3, -0.25) is 9.48 Å². The number of carbonyl (C=O) groups is 1. The molecule has 5 heteroatoms. The molecule has 1 heterocycles. The number of hydrogen-bond acceptors (Lipinski definition) is 4. The highest BCUT2D eigenvalue weighted by molar-refractivity contribution is 5.85. The zero-order valence-corrected chi connectivity index (χ0v) is 17.2. The molecular weight excluding hydrogens is 364 g/mol. The van der Waals surface area contributed by atoms with Crippen LogP contribution in [0.1, 0.15) is 44.6 Å².